The summed E-state index contributed by atoms with van der Waals surface area (Å²) >= 11 is 0. The van der Waals surface area contributed by atoms with Gasteiger partial charge in [-0.25, -0.2) is 4.79 Å². The SMILES string of the molecule is C#CCC(C)NC(=O)N1CCCC1CC(=O)O. The number of amides is 2. The summed E-state index contributed by atoms with van der Waals surface area (Å²) in [7, 11) is 0. The highest BCUT2D eigenvalue weighted by atomic mass is 16.4. The monoisotopic (exact) mass is 238 g/mol. The summed E-state index contributed by atoms with van der Waals surface area (Å²) in [5.41, 5.74) is 0. The number of likely N-dealkylation sites (tertiary alicyclic amines) is 1. The van der Waals surface area contributed by atoms with Crippen molar-refractivity contribution in [2.24, 2.45) is 0 Å². The minimum atomic E-state index is -0.869. The summed E-state index contributed by atoms with van der Waals surface area (Å²) in [5.74, 6) is 1.61. The Labute approximate surface area is 101 Å². The molecule has 0 spiro atoms. The average molecular weight is 238 g/mol. The highest BCUT2D eigenvalue weighted by molar-refractivity contribution is 5.76. The molecular formula is C12H18N2O3. The first kappa shape index (κ1) is 13.4. The minimum Gasteiger partial charge on any atom is -0.481 e. The zero-order chi connectivity index (χ0) is 12.8. The van der Waals surface area contributed by atoms with Crippen LogP contribution in [0.15, 0.2) is 0 Å². The minimum absolute atomic E-state index is 0.0109. The van der Waals surface area contributed by atoms with E-state index >= 15 is 0 Å². The van der Waals surface area contributed by atoms with E-state index in [2.05, 4.69) is 11.2 Å². The topological polar surface area (TPSA) is 69.6 Å². The molecule has 5 nitrogen and oxygen atoms in total. The summed E-state index contributed by atoms with van der Waals surface area (Å²) in [6, 6.07) is -0.486. The third kappa shape index (κ3) is 3.99. The van der Waals surface area contributed by atoms with Crippen LogP contribution < -0.4 is 5.32 Å². The molecule has 1 heterocycles. The number of hydrogen-bond acceptors (Lipinski definition) is 2. The van der Waals surface area contributed by atoms with Crippen LogP contribution in [-0.2, 0) is 4.79 Å². The third-order valence-corrected chi connectivity index (χ3v) is 2.84. The van der Waals surface area contributed by atoms with Gasteiger partial charge in [-0.2, -0.15) is 0 Å². The molecule has 2 atom stereocenters. The maximum absolute atomic E-state index is 11.9. The van der Waals surface area contributed by atoms with Crippen LogP contribution in [0.3, 0.4) is 0 Å². The van der Waals surface area contributed by atoms with E-state index in [0.29, 0.717) is 13.0 Å². The number of nitrogens with one attached hydrogen (secondary N) is 1. The number of carbonyl (C=O) groups excluding carboxylic acids is 1. The Morgan fingerprint density at radius 3 is 2.94 bits per heavy atom. The first-order chi connectivity index (χ1) is 8.04. The van der Waals surface area contributed by atoms with Gasteiger partial charge in [0.2, 0.25) is 0 Å². The van der Waals surface area contributed by atoms with Crippen molar-refractivity contribution in [3.8, 4) is 12.3 Å². The van der Waals surface area contributed by atoms with E-state index in [9.17, 15) is 9.59 Å². The molecule has 0 aromatic heterocycles. The smallest absolute Gasteiger partial charge is 0.317 e. The zero-order valence-corrected chi connectivity index (χ0v) is 9.98. The Hall–Kier alpha value is -1.70. The molecule has 2 amide bonds. The average Bonchev–Trinajstić information content (AvgIpc) is 2.65. The van der Waals surface area contributed by atoms with E-state index in [0.717, 1.165) is 12.8 Å². The molecule has 0 aromatic carbocycles. The van der Waals surface area contributed by atoms with Crippen molar-refractivity contribution in [2.45, 2.75) is 44.7 Å². The van der Waals surface area contributed by atoms with Crippen LogP contribution in [0.2, 0.25) is 0 Å². The molecule has 1 saturated heterocycles. The van der Waals surface area contributed by atoms with Gasteiger partial charge in [0.25, 0.3) is 0 Å². The second-order valence-electron chi connectivity index (χ2n) is 4.35. The van der Waals surface area contributed by atoms with Gasteiger partial charge in [0, 0.05) is 25.0 Å². The van der Waals surface area contributed by atoms with E-state index in [1.54, 1.807) is 4.90 Å². The summed E-state index contributed by atoms with van der Waals surface area (Å²) in [6.07, 6.45) is 7.25. The Bertz CT molecular complexity index is 335. The van der Waals surface area contributed by atoms with E-state index in [1.165, 1.54) is 0 Å². The number of carboxylic acid groups (broad SMARTS) is 1. The van der Waals surface area contributed by atoms with E-state index in [4.69, 9.17) is 11.5 Å². The lowest BCUT2D eigenvalue weighted by Crippen LogP contribution is -2.46. The fraction of sp³-hybridized carbons (Fsp3) is 0.667. The quantitative estimate of drug-likeness (QED) is 0.719. The molecule has 17 heavy (non-hydrogen) atoms. The number of aliphatic carboxylic acids is 1. The summed E-state index contributed by atoms with van der Waals surface area (Å²) in [4.78, 5) is 24.1. The van der Waals surface area contributed by atoms with Gasteiger partial charge in [0.1, 0.15) is 0 Å². The molecule has 5 heteroatoms. The number of terminal acetylenes is 1. The Morgan fingerprint density at radius 1 is 1.65 bits per heavy atom. The number of nitrogens with zero attached hydrogens (tertiary/aromatic N) is 1. The number of urea groups is 1. The second kappa shape index (κ2) is 6.14. The molecule has 0 aromatic rings. The van der Waals surface area contributed by atoms with Crippen molar-refractivity contribution in [3.63, 3.8) is 0 Å². The molecule has 2 N–H and O–H groups in total. The molecule has 0 saturated carbocycles. The largest absolute Gasteiger partial charge is 0.481 e. The standard InChI is InChI=1S/C12H18N2O3/c1-3-5-9(2)13-12(17)14-7-4-6-10(14)8-11(15)16/h1,9-10H,4-8H2,2H3,(H,13,17)(H,15,16). The summed E-state index contributed by atoms with van der Waals surface area (Å²) in [6.45, 7) is 2.45. The van der Waals surface area contributed by atoms with Crippen LogP contribution in [0.5, 0.6) is 0 Å². The molecule has 2 unspecified atom stereocenters. The predicted molar refractivity (Wildman–Crippen MR) is 63.4 cm³/mol. The fourth-order valence-corrected chi connectivity index (χ4v) is 2.04. The van der Waals surface area contributed by atoms with Gasteiger partial charge >= 0.3 is 12.0 Å². The van der Waals surface area contributed by atoms with Crippen LogP contribution in [0, 0.1) is 12.3 Å². The third-order valence-electron chi connectivity index (χ3n) is 2.84. The maximum Gasteiger partial charge on any atom is 0.317 e. The lowest BCUT2D eigenvalue weighted by Gasteiger charge is -2.25. The first-order valence-corrected chi connectivity index (χ1v) is 5.77. The molecule has 1 rings (SSSR count). The van der Waals surface area contributed by atoms with Crippen molar-refractivity contribution >= 4 is 12.0 Å². The predicted octanol–water partition coefficient (Wildman–Crippen LogP) is 1.05. The lowest BCUT2D eigenvalue weighted by atomic mass is 10.1. The van der Waals surface area contributed by atoms with Crippen molar-refractivity contribution < 1.29 is 14.7 Å². The molecule has 1 aliphatic rings. The van der Waals surface area contributed by atoms with E-state index in [-0.39, 0.29) is 24.5 Å². The van der Waals surface area contributed by atoms with Gasteiger partial charge in [-0.15, -0.1) is 12.3 Å². The van der Waals surface area contributed by atoms with Gasteiger partial charge in [-0.3, -0.25) is 4.79 Å². The number of carboxylic acids is 1. The lowest BCUT2D eigenvalue weighted by molar-refractivity contribution is -0.137. The van der Waals surface area contributed by atoms with Crippen molar-refractivity contribution in [1.82, 2.24) is 10.2 Å². The van der Waals surface area contributed by atoms with Gasteiger partial charge in [0.05, 0.1) is 6.42 Å². The molecule has 0 radical (unpaired) electrons. The maximum atomic E-state index is 11.9. The fourth-order valence-electron chi connectivity index (χ4n) is 2.04. The Balaban J connectivity index is 2.50. The molecular weight excluding hydrogens is 220 g/mol. The van der Waals surface area contributed by atoms with Crippen LogP contribution >= 0.6 is 0 Å². The normalized spacial score (nSPS) is 20.7. The number of hydrogen-bond donors (Lipinski definition) is 2. The van der Waals surface area contributed by atoms with Crippen molar-refractivity contribution in [2.75, 3.05) is 6.54 Å². The molecule has 94 valence electrons. The zero-order valence-electron chi connectivity index (χ0n) is 9.98. The number of carbonyl (C=O) groups is 2. The van der Waals surface area contributed by atoms with Crippen molar-refractivity contribution in [3.05, 3.63) is 0 Å². The molecule has 0 bridgehead atoms. The van der Waals surface area contributed by atoms with Gasteiger partial charge < -0.3 is 15.3 Å². The van der Waals surface area contributed by atoms with Crippen molar-refractivity contribution in [1.29, 1.82) is 0 Å². The van der Waals surface area contributed by atoms with Gasteiger partial charge in [-0.1, -0.05) is 0 Å². The second-order valence-corrected chi connectivity index (χ2v) is 4.35. The van der Waals surface area contributed by atoms with Crippen LogP contribution in [-0.4, -0.2) is 40.6 Å². The van der Waals surface area contributed by atoms with Gasteiger partial charge in [-0.05, 0) is 19.8 Å². The van der Waals surface area contributed by atoms with E-state index in [1.807, 2.05) is 6.92 Å². The molecule has 1 aliphatic heterocycles. The van der Waals surface area contributed by atoms with Crippen LogP contribution in [0.25, 0.3) is 0 Å². The Morgan fingerprint density at radius 2 is 2.35 bits per heavy atom. The van der Waals surface area contributed by atoms with Crippen LogP contribution in [0.4, 0.5) is 4.79 Å². The highest BCUT2D eigenvalue weighted by Crippen LogP contribution is 2.20. The molecule has 1 fully saturated rings. The first-order valence-electron chi connectivity index (χ1n) is 5.77. The summed E-state index contributed by atoms with van der Waals surface area (Å²) < 4.78 is 0. The van der Waals surface area contributed by atoms with Gasteiger partial charge in [0.15, 0.2) is 0 Å². The number of rotatable bonds is 4. The summed E-state index contributed by atoms with van der Waals surface area (Å²) in [5, 5.41) is 11.5. The van der Waals surface area contributed by atoms with E-state index < -0.39 is 5.97 Å². The van der Waals surface area contributed by atoms with Crippen LogP contribution in [0.1, 0.15) is 32.6 Å². The Kier molecular flexibility index (Phi) is 4.83. The highest BCUT2D eigenvalue weighted by Gasteiger charge is 2.30. The molecule has 0 aliphatic carbocycles.